The van der Waals surface area contributed by atoms with Crippen molar-refractivity contribution in [1.29, 1.82) is 0 Å². The highest BCUT2D eigenvalue weighted by Crippen LogP contribution is 2.23. The smallest absolute Gasteiger partial charge is 0.335 e. The second-order valence-electron chi connectivity index (χ2n) is 4.49. The number of carbonyl (C=O) groups is 1. The minimum atomic E-state index is -0.877. The van der Waals surface area contributed by atoms with Crippen LogP contribution in [0.1, 0.15) is 42.1 Å². The molecule has 0 atom stereocenters. The Kier molecular flexibility index (Phi) is 3.43. The topological polar surface area (TPSA) is 37.3 Å². The minimum Gasteiger partial charge on any atom is -0.478 e. The van der Waals surface area contributed by atoms with E-state index in [0.717, 1.165) is 12.0 Å². The van der Waals surface area contributed by atoms with Crippen LogP contribution in [0.15, 0.2) is 41.5 Å². The Balaban J connectivity index is 2.21. The van der Waals surface area contributed by atoms with Crippen LogP contribution in [0.5, 0.6) is 0 Å². The Morgan fingerprint density at radius 2 is 1.94 bits per heavy atom. The van der Waals surface area contributed by atoms with Crippen molar-refractivity contribution in [3.8, 4) is 0 Å². The van der Waals surface area contributed by atoms with E-state index in [9.17, 15) is 4.79 Å². The number of hydrogen-bond donors (Lipinski definition) is 1. The third-order valence-electron chi connectivity index (χ3n) is 2.98. The number of carboxylic acid groups (broad SMARTS) is 1. The van der Waals surface area contributed by atoms with Crippen molar-refractivity contribution in [2.75, 3.05) is 0 Å². The van der Waals surface area contributed by atoms with Crippen molar-refractivity contribution < 1.29 is 9.90 Å². The highest BCUT2D eigenvalue weighted by atomic mass is 16.4. The lowest BCUT2D eigenvalue weighted by Gasteiger charge is -2.11. The lowest BCUT2D eigenvalue weighted by molar-refractivity contribution is 0.0697. The highest BCUT2D eigenvalue weighted by molar-refractivity contribution is 5.87. The molecular weight excluding hydrogens is 212 g/mol. The maximum absolute atomic E-state index is 10.7. The van der Waals surface area contributed by atoms with Gasteiger partial charge in [-0.05, 0) is 49.5 Å². The molecule has 17 heavy (non-hydrogen) atoms. The molecule has 0 saturated heterocycles. The standard InChI is InChI=1S/C15H16O2/c1-11-3-2-4-13(9-11)10-12-5-7-14(8-6-12)15(16)17/h5-10H,2-4H2,1H3,(H,16,17)/b13-10-. The molecule has 2 rings (SSSR count). The molecule has 1 aliphatic rings. The van der Waals surface area contributed by atoms with Crippen molar-refractivity contribution in [1.82, 2.24) is 0 Å². The van der Waals surface area contributed by atoms with Crippen molar-refractivity contribution in [3.05, 3.63) is 52.6 Å². The van der Waals surface area contributed by atoms with E-state index < -0.39 is 5.97 Å². The highest BCUT2D eigenvalue weighted by Gasteiger charge is 2.04. The van der Waals surface area contributed by atoms with Gasteiger partial charge in [-0.25, -0.2) is 4.79 Å². The van der Waals surface area contributed by atoms with E-state index in [2.05, 4.69) is 19.1 Å². The van der Waals surface area contributed by atoms with Crippen LogP contribution in [0.2, 0.25) is 0 Å². The van der Waals surface area contributed by atoms with Gasteiger partial charge in [0.25, 0.3) is 0 Å². The normalized spacial score (nSPS) is 17.9. The molecule has 0 amide bonds. The average Bonchev–Trinajstić information content (AvgIpc) is 2.29. The summed E-state index contributed by atoms with van der Waals surface area (Å²) in [6.45, 7) is 2.15. The predicted molar refractivity (Wildman–Crippen MR) is 69.0 cm³/mol. The molecule has 88 valence electrons. The Bertz CT molecular complexity index is 478. The summed E-state index contributed by atoms with van der Waals surface area (Å²) in [5.41, 5.74) is 4.15. The van der Waals surface area contributed by atoms with Gasteiger partial charge in [0, 0.05) is 0 Å². The second kappa shape index (κ2) is 5.00. The zero-order chi connectivity index (χ0) is 12.3. The summed E-state index contributed by atoms with van der Waals surface area (Å²) in [6, 6.07) is 7.00. The molecule has 1 aliphatic carbocycles. The third-order valence-corrected chi connectivity index (χ3v) is 2.98. The Labute approximate surface area is 101 Å². The molecule has 0 heterocycles. The van der Waals surface area contributed by atoms with Gasteiger partial charge in [-0.3, -0.25) is 0 Å². The first kappa shape index (κ1) is 11.6. The van der Waals surface area contributed by atoms with Gasteiger partial charge in [-0.1, -0.05) is 29.9 Å². The SMILES string of the molecule is CC1=C/C(=C\c2ccc(C(=O)O)cc2)CCC1. The zero-order valence-electron chi connectivity index (χ0n) is 9.94. The van der Waals surface area contributed by atoms with E-state index in [-0.39, 0.29) is 0 Å². The first-order chi connectivity index (χ1) is 8.15. The summed E-state index contributed by atoms with van der Waals surface area (Å²) < 4.78 is 0. The van der Waals surface area contributed by atoms with E-state index in [4.69, 9.17) is 5.11 Å². The van der Waals surface area contributed by atoms with Crippen LogP contribution in [0, 0.1) is 0 Å². The molecule has 0 aliphatic heterocycles. The quantitative estimate of drug-likeness (QED) is 0.833. The van der Waals surface area contributed by atoms with Gasteiger partial charge in [0.1, 0.15) is 0 Å². The lowest BCUT2D eigenvalue weighted by Crippen LogP contribution is -1.95. The molecule has 2 nitrogen and oxygen atoms in total. The van der Waals surface area contributed by atoms with E-state index >= 15 is 0 Å². The molecule has 0 saturated carbocycles. The fourth-order valence-electron chi connectivity index (χ4n) is 2.08. The van der Waals surface area contributed by atoms with Gasteiger partial charge >= 0.3 is 5.97 Å². The second-order valence-corrected chi connectivity index (χ2v) is 4.49. The van der Waals surface area contributed by atoms with E-state index in [0.29, 0.717) is 5.56 Å². The van der Waals surface area contributed by atoms with Crippen LogP contribution >= 0.6 is 0 Å². The minimum absolute atomic E-state index is 0.336. The number of aromatic carboxylic acids is 1. The number of benzene rings is 1. The maximum atomic E-state index is 10.7. The fraction of sp³-hybridized carbons (Fsp3) is 0.267. The lowest BCUT2D eigenvalue weighted by atomic mass is 9.95. The summed E-state index contributed by atoms with van der Waals surface area (Å²) in [4.78, 5) is 10.7. The predicted octanol–water partition coefficient (Wildman–Crippen LogP) is 3.90. The van der Waals surface area contributed by atoms with Crippen LogP contribution < -0.4 is 0 Å². The number of rotatable bonds is 2. The van der Waals surface area contributed by atoms with Crippen LogP contribution in [0.4, 0.5) is 0 Å². The molecular formula is C15H16O2. The van der Waals surface area contributed by atoms with E-state index in [1.54, 1.807) is 12.1 Å². The van der Waals surface area contributed by atoms with Crippen molar-refractivity contribution in [3.63, 3.8) is 0 Å². The number of carboxylic acids is 1. The van der Waals surface area contributed by atoms with Crippen molar-refractivity contribution in [2.45, 2.75) is 26.2 Å². The van der Waals surface area contributed by atoms with Crippen LogP contribution in [-0.2, 0) is 0 Å². The van der Waals surface area contributed by atoms with Crippen molar-refractivity contribution in [2.24, 2.45) is 0 Å². The molecule has 1 aromatic rings. The Morgan fingerprint density at radius 1 is 1.24 bits per heavy atom. The van der Waals surface area contributed by atoms with Gasteiger partial charge in [-0.2, -0.15) is 0 Å². The maximum Gasteiger partial charge on any atom is 0.335 e. The molecule has 0 unspecified atom stereocenters. The number of hydrogen-bond acceptors (Lipinski definition) is 1. The van der Waals surface area contributed by atoms with E-state index in [1.807, 2.05) is 12.1 Å². The molecule has 0 spiro atoms. The Morgan fingerprint density at radius 3 is 2.53 bits per heavy atom. The van der Waals surface area contributed by atoms with Gasteiger partial charge in [0.2, 0.25) is 0 Å². The van der Waals surface area contributed by atoms with Gasteiger partial charge in [0.05, 0.1) is 5.56 Å². The summed E-state index contributed by atoms with van der Waals surface area (Å²) in [6.07, 6.45) is 7.87. The summed E-state index contributed by atoms with van der Waals surface area (Å²) >= 11 is 0. The Hall–Kier alpha value is -1.83. The molecule has 0 aromatic heterocycles. The molecule has 1 N–H and O–H groups in total. The molecule has 2 heteroatoms. The fourth-order valence-corrected chi connectivity index (χ4v) is 2.08. The third kappa shape index (κ3) is 3.06. The molecule has 0 fully saturated rings. The van der Waals surface area contributed by atoms with Gasteiger partial charge in [0.15, 0.2) is 0 Å². The zero-order valence-corrected chi connectivity index (χ0v) is 9.94. The van der Waals surface area contributed by atoms with Crippen LogP contribution in [0.25, 0.3) is 6.08 Å². The first-order valence-electron chi connectivity index (χ1n) is 5.86. The summed E-state index contributed by atoms with van der Waals surface area (Å²) in [5.74, 6) is -0.877. The summed E-state index contributed by atoms with van der Waals surface area (Å²) in [5, 5.41) is 8.81. The monoisotopic (exact) mass is 228 g/mol. The largest absolute Gasteiger partial charge is 0.478 e. The summed E-state index contributed by atoms with van der Waals surface area (Å²) in [7, 11) is 0. The number of allylic oxidation sites excluding steroid dienone is 3. The molecule has 0 radical (unpaired) electrons. The molecule has 0 bridgehead atoms. The van der Waals surface area contributed by atoms with Crippen LogP contribution in [0.3, 0.4) is 0 Å². The van der Waals surface area contributed by atoms with Crippen molar-refractivity contribution >= 4 is 12.0 Å². The van der Waals surface area contributed by atoms with Crippen LogP contribution in [-0.4, -0.2) is 11.1 Å². The average molecular weight is 228 g/mol. The van der Waals surface area contributed by atoms with E-state index in [1.165, 1.54) is 24.0 Å². The first-order valence-corrected chi connectivity index (χ1v) is 5.86. The molecule has 1 aromatic carbocycles. The van der Waals surface area contributed by atoms with Gasteiger partial charge < -0.3 is 5.11 Å². The van der Waals surface area contributed by atoms with Gasteiger partial charge in [-0.15, -0.1) is 0 Å².